The van der Waals surface area contributed by atoms with E-state index in [1.807, 2.05) is 30.3 Å². The highest BCUT2D eigenvalue weighted by Gasteiger charge is 2.41. The number of nitrogens with zero attached hydrogens (tertiary/aromatic N) is 1. The summed E-state index contributed by atoms with van der Waals surface area (Å²) >= 11 is 0. The minimum Gasteiger partial charge on any atom is -0.299 e. The van der Waals surface area contributed by atoms with Gasteiger partial charge in [-0.05, 0) is 48.4 Å². The number of hydrogen-bond donors (Lipinski definition) is 0. The number of Topliss-reactive ketones (excluding diaryl/α,β-unsaturated/α-hetero) is 2. The first-order valence-electron chi connectivity index (χ1n) is 8.97. The molecule has 3 nitrogen and oxygen atoms in total. The maximum Gasteiger partial charge on any atom is 0.140 e. The van der Waals surface area contributed by atoms with E-state index in [4.69, 9.17) is 0 Å². The highest BCUT2D eigenvalue weighted by atomic mass is 19.1. The summed E-state index contributed by atoms with van der Waals surface area (Å²) in [5, 5.41) is 1.63. The van der Waals surface area contributed by atoms with Gasteiger partial charge in [-0.15, -0.1) is 0 Å². The Morgan fingerprint density at radius 2 is 1.56 bits per heavy atom. The van der Waals surface area contributed by atoms with Gasteiger partial charge in [0, 0.05) is 24.8 Å². The largest absolute Gasteiger partial charge is 0.299 e. The Hall–Kier alpha value is -2.07. The molecule has 2 aromatic rings. The van der Waals surface area contributed by atoms with Crippen LogP contribution in [0.5, 0.6) is 0 Å². The van der Waals surface area contributed by atoms with Gasteiger partial charge in [0.2, 0.25) is 0 Å². The molecule has 1 saturated carbocycles. The van der Waals surface area contributed by atoms with Crippen LogP contribution >= 0.6 is 0 Å². The highest BCUT2D eigenvalue weighted by Crippen LogP contribution is 2.42. The summed E-state index contributed by atoms with van der Waals surface area (Å²) in [6.07, 6.45) is 3.04. The quantitative estimate of drug-likeness (QED) is 0.779. The molecule has 0 aromatic heterocycles. The summed E-state index contributed by atoms with van der Waals surface area (Å²) in [5.41, 5.74) is 1.03. The van der Waals surface area contributed by atoms with Crippen molar-refractivity contribution in [1.82, 2.24) is 4.90 Å². The van der Waals surface area contributed by atoms with Crippen molar-refractivity contribution in [2.45, 2.75) is 38.6 Å². The van der Waals surface area contributed by atoms with Gasteiger partial charge in [-0.3, -0.25) is 14.5 Å². The van der Waals surface area contributed by atoms with Gasteiger partial charge in [-0.2, -0.15) is 0 Å². The second-order valence-electron chi connectivity index (χ2n) is 7.64. The Labute approximate surface area is 146 Å². The number of halogens is 1. The number of carbonyl (C=O) groups excluding carboxylic acids is 2. The zero-order valence-corrected chi connectivity index (χ0v) is 14.3. The number of ketones is 2. The van der Waals surface area contributed by atoms with Gasteiger partial charge >= 0.3 is 0 Å². The monoisotopic (exact) mass is 339 g/mol. The van der Waals surface area contributed by atoms with Crippen molar-refractivity contribution in [3.05, 3.63) is 47.8 Å². The molecular weight excluding hydrogens is 317 g/mol. The summed E-state index contributed by atoms with van der Waals surface area (Å²) in [4.78, 5) is 26.0. The average molecular weight is 339 g/mol. The predicted molar refractivity (Wildman–Crippen MR) is 94.7 cm³/mol. The average Bonchev–Trinajstić information content (AvgIpc) is 2.59. The van der Waals surface area contributed by atoms with Crippen molar-refractivity contribution < 1.29 is 14.0 Å². The van der Waals surface area contributed by atoms with Crippen LogP contribution in [0.25, 0.3) is 10.8 Å². The molecule has 1 heterocycles. The number of likely N-dealkylation sites (tertiary alicyclic amines) is 1. The summed E-state index contributed by atoms with van der Waals surface area (Å²) in [6, 6.07) is 11.0. The third-order valence-electron chi connectivity index (χ3n) is 5.81. The van der Waals surface area contributed by atoms with Crippen LogP contribution in [0.2, 0.25) is 0 Å². The lowest BCUT2D eigenvalue weighted by atomic mass is 9.67. The third kappa shape index (κ3) is 3.23. The van der Waals surface area contributed by atoms with E-state index in [9.17, 15) is 14.0 Å². The minimum atomic E-state index is -0.184. The molecule has 0 unspecified atom stereocenters. The Bertz CT molecular complexity index is 819. The summed E-state index contributed by atoms with van der Waals surface area (Å²) in [7, 11) is 0. The molecule has 2 aromatic carbocycles. The summed E-state index contributed by atoms with van der Waals surface area (Å²) in [5.74, 6) is 0.0274. The summed E-state index contributed by atoms with van der Waals surface area (Å²) in [6.45, 7) is 2.54. The van der Waals surface area contributed by atoms with Crippen LogP contribution in [0.1, 0.15) is 37.7 Å². The smallest absolute Gasteiger partial charge is 0.140 e. The normalized spacial score (nSPS) is 21.2. The molecule has 0 N–H and O–H groups in total. The van der Waals surface area contributed by atoms with Crippen molar-refractivity contribution in [2.24, 2.45) is 5.41 Å². The zero-order valence-electron chi connectivity index (χ0n) is 14.3. The molecule has 1 saturated heterocycles. The topological polar surface area (TPSA) is 37.4 Å². The first-order valence-corrected chi connectivity index (χ1v) is 8.97. The van der Waals surface area contributed by atoms with E-state index in [-0.39, 0.29) is 29.2 Å². The maximum absolute atomic E-state index is 14.0. The number of fused-ring (bicyclic) bond motifs is 1. The van der Waals surface area contributed by atoms with E-state index in [1.165, 1.54) is 0 Å². The van der Waals surface area contributed by atoms with Crippen LogP contribution in [0.4, 0.5) is 4.39 Å². The molecule has 0 atom stereocenters. The molecule has 2 aliphatic rings. The van der Waals surface area contributed by atoms with Gasteiger partial charge in [0.15, 0.2) is 0 Å². The van der Waals surface area contributed by atoms with Crippen molar-refractivity contribution in [1.29, 1.82) is 0 Å². The Morgan fingerprint density at radius 3 is 2.24 bits per heavy atom. The van der Waals surface area contributed by atoms with Gasteiger partial charge in [-0.1, -0.05) is 30.3 Å². The maximum atomic E-state index is 14.0. The van der Waals surface area contributed by atoms with E-state index in [0.29, 0.717) is 18.2 Å². The second-order valence-corrected chi connectivity index (χ2v) is 7.64. The second kappa shape index (κ2) is 6.34. The van der Waals surface area contributed by atoms with E-state index in [2.05, 4.69) is 4.90 Å². The van der Waals surface area contributed by atoms with Crippen LogP contribution in [0.3, 0.4) is 0 Å². The SMILES string of the molecule is O=C1CC(=O)CC2(CCN(Cc3ccc(F)c4ccccc34)CC2)C1. The molecular formula is C21H22FNO2. The van der Waals surface area contributed by atoms with Crippen molar-refractivity contribution in [3.8, 4) is 0 Å². The predicted octanol–water partition coefficient (Wildman–Crippen LogP) is 3.88. The molecule has 4 rings (SSSR count). The molecule has 25 heavy (non-hydrogen) atoms. The molecule has 2 fully saturated rings. The Morgan fingerprint density at radius 1 is 0.920 bits per heavy atom. The number of benzene rings is 2. The van der Waals surface area contributed by atoms with Crippen LogP contribution in [0, 0.1) is 11.2 Å². The van der Waals surface area contributed by atoms with Crippen molar-refractivity contribution in [2.75, 3.05) is 13.1 Å². The third-order valence-corrected chi connectivity index (χ3v) is 5.81. The van der Waals surface area contributed by atoms with E-state index >= 15 is 0 Å². The molecule has 0 radical (unpaired) electrons. The van der Waals surface area contributed by atoms with Crippen LogP contribution in [-0.4, -0.2) is 29.6 Å². The lowest BCUT2D eigenvalue weighted by Crippen LogP contribution is -2.44. The Balaban J connectivity index is 1.48. The number of carbonyl (C=O) groups is 2. The molecule has 4 heteroatoms. The van der Waals surface area contributed by atoms with Gasteiger partial charge in [0.1, 0.15) is 17.4 Å². The lowest BCUT2D eigenvalue weighted by molar-refractivity contribution is -0.135. The molecule has 1 aliphatic carbocycles. The van der Waals surface area contributed by atoms with Gasteiger partial charge < -0.3 is 0 Å². The van der Waals surface area contributed by atoms with Crippen molar-refractivity contribution >= 4 is 22.3 Å². The minimum absolute atomic E-state index is 0.103. The van der Waals surface area contributed by atoms with Crippen LogP contribution in [-0.2, 0) is 16.1 Å². The van der Waals surface area contributed by atoms with E-state index in [0.717, 1.165) is 43.4 Å². The lowest BCUT2D eigenvalue weighted by Gasteiger charge is -2.43. The molecule has 0 amide bonds. The molecule has 1 spiro atoms. The first-order chi connectivity index (χ1) is 12.0. The zero-order chi connectivity index (χ0) is 17.4. The Kier molecular flexibility index (Phi) is 4.16. The number of piperidine rings is 1. The fraction of sp³-hybridized carbons (Fsp3) is 0.429. The van der Waals surface area contributed by atoms with Crippen LogP contribution in [0.15, 0.2) is 36.4 Å². The van der Waals surface area contributed by atoms with Gasteiger partial charge in [0.05, 0.1) is 6.42 Å². The van der Waals surface area contributed by atoms with E-state index < -0.39 is 0 Å². The molecule has 130 valence electrons. The standard InChI is InChI=1S/C21H22FNO2/c22-20-6-5-15(18-3-1-2-4-19(18)20)14-23-9-7-21(8-10-23)12-16(24)11-17(25)13-21/h1-6H,7-14H2. The van der Waals surface area contributed by atoms with E-state index in [1.54, 1.807) is 6.07 Å². The first kappa shape index (κ1) is 16.4. The molecule has 1 aliphatic heterocycles. The van der Waals surface area contributed by atoms with Gasteiger partial charge in [-0.25, -0.2) is 4.39 Å². The number of hydrogen-bond acceptors (Lipinski definition) is 3. The fourth-order valence-corrected chi connectivity index (χ4v) is 4.49. The molecule has 0 bridgehead atoms. The fourth-order valence-electron chi connectivity index (χ4n) is 4.49. The van der Waals surface area contributed by atoms with Gasteiger partial charge in [0.25, 0.3) is 0 Å². The summed E-state index contributed by atoms with van der Waals surface area (Å²) < 4.78 is 14.0. The highest BCUT2D eigenvalue weighted by molar-refractivity contribution is 6.02. The van der Waals surface area contributed by atoms with Crippen LogP contribution < -0.4 is 0 Å². The van der Waals surface area contributed by atoms with Crippen molar-refractivity contribution in [3.63, 3.8) is 0 Å². The number of rotatable bonds is 2.